The highest BCUT2D eigenvalue weighted by atomic mass is 16.5. The molecule has 3 aliphatic rings. The Balaban J connectivity index is 1.46. The predicted octanol–water partition coefficient (Wildman–Crippen LogP) is 3.40. The molecule has 2 saturated heterocycles. The molecule has 4 heterocycles. The summed E-state index contributed by atoms with van der Waals surface area (Å²) in [5.41, 5.74) is 4.45. The quantitative estimate of drug-likeness (QED) is 0.420. The highest BCUT2D eigenvalue weighted by Gasteiger charge is 2.40. The van der Waals surface area contributed by atoms with Gasteiger partial charge in [0, 0.05) is 48.4 Å². The predicted molar refractivity (Wildman–Crippen MR) is 138 cm³/mol. The molecule has 0 spiro atoms. The standard InChI is InChI=1S/C28H25N5O4/c1-15-20-4-2-3-16-9-19(36)10-21(24(16)20)25-23(15)26-22(11-29-25)27(31-28(30-26)37-8-7-34)32-12-17-5-6-18(13-32)33(17)14-35/h2-4,7,9-11,14-15,17-18,36H,5-6,8,12-13H2,1H3. The largest absolute Gasteiger partial charge is 0.508 e. The number of aromatic nitrogens is 3. The Morgan fingerprint density at radius 1 is 1.14 bits per heavy atom. The molecular weight excluding hydrogens is 470 g/mol. The molecule has 2 aromatic heterocycles. The van der Waals surface area contributed by atoms with Crippen LogP contribution in [0.4, 0.5) is 5.82 Å². The molecule has 3 unspecified atom stereocenters. The lowest BCUT2D eigenvalue weighted by atomic mass is 9.79. The number of hydrogen-bond acceptors (Lipinski definition) is 8. The summed E-state index contributed by atoms with van der Waals surface area (Å²) < 4.78 is 5.63. The van der Waals surface area contributed by atoms with Gasteiger partial charge in [-0.2, -0.15) is 9.97 Å². The molecule has 1 amide bonds. The molecule has 37 heavy (non-hydrogen) atoms. The number of ether oxygens (including phenoxy) is 1. The molecule has 9 nitrogen and oxygen atoms in total. The van der Waals surface area contributed by atoms with Crippen molar-refractivity contribution in [2.24, 2.45) is 0 Å². The number of nitrogens with zero attached hydrogens (tertiary/aromatic N) is 5. The zero-order valence-electron chi connectivity index (χ0n) is 20.3. The molecule has 2 aliphatic heterocycles. The van der Waals surface area contributed by atoms with E-state index in [1.165, 1.54) is 0 Å². The number of rotatable bonds is 5. The van der Waals surface area contributed by atoms with Gasteiger partial charge < -0.3 is 19.6 Å². The van der Waals surface area contributed by atoms with Crippen LogP contribution in [-0.4, -0.2) is 69.4 Å². The number of anilines is 1. The molecule has 9 heteroatoms. The Labute approximate surface area is 212 Å². The molecule has 1 aliphatic carbocycles. The number of fused-ring (bicyclic) bond motifs is 6. The van der Waals surface area contributed by atoms with Crippen LogP contribution in [0.15, 0.2) is 36.5 Å². The van der Waals surface area contributed by atoms with E-state index in [1.54, 1.807) is 18.3 Å². The van der Waals surface area contributed by atoms with Gasteiger partial charge in [-0.3, -0.25) is 14.6 Å². The second-order valence-corrected chi connectivity index (χ2v) is 10.1. The summed E-state index contributed by atoms with van der Waals surface area (Å²) >= 11 is 0. The van der Waals surface area contributed by atoms with Gasteiger partial charge in [0.1, 0.15) is 18.2 Å². The fourth-order valence-electron chi connectivity index (χ4n) is 6.54. The number of piperazine rings is 1. The molecule has 7 rings (SSSR count). The first kappa shape index (κ1) is 22.0. The number of phenolic OH excluding ortho intramolecular Hbond substituents is 1. The number of pyridine rings is 1. The van der Waals surface area contributed by atoms with Gasteiger partial charge in [-0.1, -0.05) is 25.1 Å². The van der Waals surface area contributed by atoms with E-state index < -0.39 is 0 Å². The van der Waals surface area contributed by atoms with Gasteiger partial charge in [-0.25, -0.2) is 0 Å². The molecule has 4 aromatic rings. The van der Waals surface area contributed by atoms with E-state index in [-0.39, 0.29) is 36.4 Å². The van der Waals surface area contributed by atoms with Gasteiger partial charge in [0.2, 0.25) is 6.41 Å². The Hall–Kier alpha value is -4.27. The number of benzene rings is 2. The summed E-state index contributed by atoms with van der Waals surface area (Å²) in [6.07, 6.45) is 5.38. The fourth-order valence-corrected chi connectivity index (χ4v) is 6.54. The van der Waals surface area contributed by atoms with Gasteiger partial charge in [-0.15, -0.1) is 0 Å². The van der Waals surface area contributed by atoms with Crippen LogP contribution in [0.1, 0.15) is 36.8 Å². The molecule has 2 bridgehead atoms. The number of aldehydes is 1. The minimum atomic E-state index is -0.145. The van der Waals surface area contributed by atoms with Crippen LogP contribution in [-0.2, 0) is 9.59 Å². The fraction of sp³-hybridized carbons (Fsp3) is 0.321. The van der Waals surface area contributed by atoms with Gasteiger partial charge in [0.25, 0.3) is 0 Å². The highest BCUT2D eigenvalue weighted by Crippen LogP contribution is 2.48. The number of hydrogen-bond donors (Lipinski definition) is 1. The maximum absolute atomic E-state index is 11.6. The maximum Gasteiger partial charge on any atom is 0.319 e. The van der Waals surface area contributed by atoms with Crippen molar-refractivity contribution >= 4 is 40.2 Å². The summed E-state index contributed by atoms with van der Waals surface area (Å²) in [4.78, 5) is 41.3. The lowest BCUT2D eigenvalue weighted by Crippen LogP contribution is -2.53. The van der Waals surface area contributed by atoms with Crippen LogP contribution in [0.5, 0.6) is 11.8 Å². The molecule has 0 radical (unpaired) electrons. The van der Waals surface area contributed by atoms with Gasteiger partial charge in [0.05, 0.1) is 16.6 Å². The van der Waals surface area contributed by atoms with Crippen LogP contribution in [0, 0.1) is 0 Å². The van der Waals surface area contributed by atoms with Crippen LogP contribution in [0.2, 0.25) is 0 Å². The van der Waals surface area contributed by atoms with Crippen LogP contribution < -0.4 is 9.64 Å². The van der Waals surface area contributed by atoms with Crippen molar-refractivity contribution < 1.29 is 19.4 Å². The van der Waals surface area contributed by atoms with E-state index in [2.05, 4.69) is 17.9 Å². The normalized spacial score (nSPS) is 21.8. The van der Waals surface area contributed by atoms with Crippen LogP contribution in [0.25, 0.3) is 32.9 Å². The number of carbonyl (C=O) groups excluding carboxylic acids is 2. The Morgan fingerprint density at radius 3 is 2.70 bits per heavy atom. The second kappa shape index (κ2) is 8.12. The molecule has 186 valence electrons. The van der Waals surface area contributed by atoms with E-state index >= 15 is 0 Å². The first-order valence-electron chi connectivity index (χ1n) is 12.6. The molecule has 2 aromatic carbocycles. The summed E-state index contributed by atoms with van der Waals surface area (Å²) in [5.74, 6) is 0.872. The van der Waals surface area contributed by atoms with Gasteiger partial charge in [-0.05, 0) is 41.3 Å². The zero-order chi connectivity index (χ0) is 25.3. The van der Waals surface area contributed by atoms with E-state index in [4.69, 9.17) is 19.7 Å². The third-order valence-corrected chi connectivity index (χ3v) is 8.13. The van der Waals surface area contributed by atoms with Crippen molar-refractivity contribution in [2.75, 3.05) is 24.6 Å². The van der Waals surface area contributed by atoms with Crippen molar-refractivity contribution in [3.05, 3.63) is 47.7 Å². The summed E-state index contributed by atoms with van der Waals surface area (Å²) in [6, 6.07) is 10.1. The molecule has 3 atom stereocenters. The molecule has 0 saturated carbocycles. The van der Waals surface area contributed by atoms with Gasteiger partial charge in [0.15, 0.2) is 6.29 Å². The third-order valence-electron chi connectivity index (χ3n) is 8.13. The van der Waals surface area contributed by atoms with Crippen molar-refractivity contribution in [1.82, 2.24) is 19.9 Å². The Kier molecular flexibility index (Phi) is 4.82. The SMILES string of the molecule is CC1c2c(ncc3c(N4CC5CCC(C4)N5C=O)nc(OCC=O)nc23)-c2cc(O)cc3cccc1c23. The lowest BCUT2D eigenvalue weighted by molar-refractivity contribution is -0.121. The average Bonchev–Trinajstić information content (AvgIpc) is 3.16. The van der Waals surface area contributed by atoms with E-state index in [0.717, 1.165) is 63.3 Å². The van der Waals surface area contributed by atoms with E-state index in [1.807, 2.05) is 17.0 Å². The highest BCUT2D eigenvalue weighted by molar-refractivity contribution is 6.06. The maximum atomic E-state index is 11.6. The monoisotopic (exact) mass is 495 g/mol. The first-order valence-corrected chi connectivity index (χ1v) is 12.6. The smallest absolute Gasteiger partial charge is 0.319 e. The van der Waals surface area contributed by atoms with Gasteiger partial charge >= 0.3 is 6.01 Å². The van der Waals surface area contributed by atoms with Crippen LogP contribution in [0.3, 0.4) is 0 Å². The van der Waals surface area contributed by atoms with Crippen LogP contribution >= 0.6 is 0 Å². The summed E-state index contributed by atoms with van der Waals surface area (Å²) in [6.45, 7) is 3.32. The zero-order valence-corrected chi connectivity index (χ0v) is 20.3. The minimum absolute atomic E-state index is 0.0169. The average molecular weight is 496 g/mol. The lowest BCUT2D eigenvalue weighted by Gasteiger charge is -2.40. The number of carbonyl (C=O) groups is 2. The number of aromatic hydroxyl groups is 1. The first-order chi connectivity index (χ1) is 18.1. The molecular formula is C28H25N5O4. The molecule has 2 fully saturated rings. The van der Waals surface area contributed by atoms with Crippen molar-refractivity contribution in [2.45, 2.75) is 37.8 Å². The Bertz CT molecular complexity index is 1590. The van der Waals surface area contributed by atoms with E-state index in [9.17, 15) is 14.7 Å². The topological polar surface area (TPSA) is 109 Å². The van der Waals surface area contributed by atoms with Crippen molar-refractivity contribution in [3.63, 3.8) is 0 Å². The summed E-state index contributed by atoms with van der Waals surface area (Å²) in [5, 5.41) is 13.3. The minimum Gasteiger partial charge on any atom is -0.508 e. The molecule has 1 N–H and O–H groups in total. The second-order valence-electron chi connectivity index (χ2n) is 10.1. The van der Waals surface area contributed by atoms with Crippen molar-refractivity contribution in [1.29, 1.82) is 0 Å². The number of phenols is 1. The van der Waals surface area contributed by atoms with E-state index in [0.29, 0.717) is 25.2 Å². The Morgan fingerprint density at radius 2 is 1.95 bits per heavy atom. The van der Waals surface area contributed by atoms with Crippen molar-refractivity contribution in [3.8, 4) is 23.0 Å². The summed E-state index contributed by atoms with van der Waals surface area (Å²) in [7, 11) is 0. The number of amides is 1. The third kappa shape index (κ3) is 3.19.